The summed E-state index contributed by atoms with van der Waals surface area (Å²) in [6, 6.07) is 77.7. The van der Waals surface area contributed by atoms with Crippen molar-refractivity contribution in [3.8, 4) is 108 Å². The third kappa shape index (κ3) is 9.06. The Balaban J connectivity index is 1.17. The van der Waals surface area contributed by atoms with Crippen LogP contribution in [0.3, 0.4) is 0 Å². The summed E-state index contributed by atoms with van der Waals surface area (Å²) in [7, 11) is 0. The minimum absolute atomic E-state index is 0.0645. The van der Waals surface area contributed by atoms with Gasteiger partial charge in [-0.3, -0.25) is 0 Å². The fraction of sp³-hybridized carbons (Fsp3) is 0.0152. The van der Waals surface area contributed by atoms with E-state index in [-0.39, 0.29) is 22.8 Å². The lowest BCUT2D eigenvalue weighted by molar-refractivity contribution is -0.137. The van der Waals surface area contributed by atoms with Crippen LogP contribution >= 0.6 is 0 Å². The number of rotatable bonds is 10. The molecule has 13 aromatic rings. The highest BCUT2D eigenvalue weighted by atomic mass is 19.4. The third-order valence-corrected chi connectivity index (χ3v) is 13.5. The quantitative estimate of drug-likeness (QED) is 0.135. The highest BCUT2D eigenvalue weighted by molar-refractivity contribution is 6.11. The number of halogens is 3. The molecule has 9 aromatic carbocycles. The van der Waals surface area contributed by atoms with Crippen molar-refractivity contribution in [2.45, 2.75) is 6.18 Å². The van der Waals surface area contributed by atoms with Gasteiger partial charge in [-0.1, -0.05) is 212 Å². The molecule has 0 atom stereocenters. The summed E-state index contributed by atoms with van der Waals surface area (Å²) in [5, 5.41) is 1.68. The van der Waals surface area contributed by atoms with E-state index in [4.69, 9.17) is 34.9 Å². The maximum Gasteiger partial charge on any atom is 0.416 e. The number of hydrogen-bond donors (Lipinski definition) is 0. The molecule has 0 saturated carbocycles. The van der Waals surface area contributed by atoms with Gasteiger partial charge in [0.15, 0.2) is 29.1 Å². The fourth-order valence-corrected chi connectivity index (χ4v) is 9.83. The number of benzene rings is 9. The van der Waals surface area contributed by atoms with Crippen LogP contribution in [0.25, 0.3) is 129 Å². The van der Waals surface area contributed by atoms with Crippen molar-refractivity contribution in [2.24, 2.45) is 0 Å². The zero-order valence-corrected chi connectivity index (χ0v) is 40.9. The summed E-state index contributed by atoms with van der Waals surface area (Å²) in [6.07, 6.45) is -4.83. The van der Waals surface area contributed by atoms with Gasteiger partial charge in [0.2, 0.25) is 0 Å². The average Bonchev–Trinajstić information content (AvgIpc) is 4.06. The van der Waals surface area contributed by atoms with Crippen molar-refractivity contribution >= 4 is 21.8 Å². The highest BCUT2D eigenvalue weighted by Crippen LogP contribution is 2.46. The molecule has 0 amide bonds. The van der Waals surface area contributed by atoms with Gasteiger partial charge in [0, 0.05) is 60.8 Å². The van der Waals surface area contributed by atoms with E-state index in [1.54, 1.807) is 0 Å². The van der Waals surface area contributed by atoms with Gasteiger partial charge in [-0.05, 0) is 36.4 Å². The van der Waals surface area contributed by atoms with Crippen LogP contribution in [0.15, 0.2) is 249 Å². The van der Waals surface area contributed by atoms with E-state index in [0.29, 0.717) is 62.5 Å². The van der Waals surface area contributed by atoms with Gasteiger partial charge in [-0.25, -0.2) is 34.9 Å². The Morgan fingerprint density at radius 2 is 0.610 bits per heavy atom. The molecule has 4 aromatic heterocycles. The SMILES string of the molecule is FC(F)(F)c1cc(-c2nc(-c3ccccc3)cc(-c3ccccc3)n2)c(-n2c3ccccc3c3ccc(-c4nc(-c5ccccc5)nc(-c5ccccc5)n4)cc32)c(-c2nc(-c3ccccc3)cc(-c3ccccc3)n2)c1. The molecule has 0 N–H and O–H groups in total. The van der Waals surface area contributed by atoms with E-state index >= 15 is 13.2 Å². The molecule has 77 heavy (non-hydrogen) atoms. The van der Waals surface area contributed by atoms with Crippen molar-refractivity contribution < 1.29 is 13.2 Å². The lowest BCUT2D eigenvalue weighted by Crippen LogP contribution is -2.11. The van der Waals surface area contributed by atoms with Gasteiger partial charge in [0.05, 0.1) is 45.1 Å². The molecule has 0 spiro atoms. The number of para-hydroxylation sites is 1. The molecule has 8 nitrogen and oxygen atoms in total. The van der Waals surface area contributed by atoms with Gasteiger partial charge in [0.1, 0.15) is 0 Å². The fourth-order valence-electron chi connectivity index (χ4n) is 9.83. The molecule has 0 saturated heterocycles. The van der Waals surface area contributed by atoms with Crippen LogP contribution < -0.4 is 0 Å². The first-order valence-electron chi connectivity index (χ1n) is 25.0. The second-order valence-electron chi connectivity index (χ2n) is 18.4. The van der Waals surface area contributed by atoms with E-state index < -0.39 is 11.7 Å². The molecule has 0 unspecified atom stereocenters. The standard InChI is InChI=1S/C66H41F3N8/c67-66(68,69)49-38-52(64-70-54(42-21-7-1-8-22-42)40-55(71-64)43-23-9-2-10-24-43)60(53(39-49)65-72-56(44-25-11-3-12-26-44)41-57(73-65)45-27-13-4-14-28-45)77-58-34-20-19-33-50(58)51-36-35-48(37-59(51)77)63-75-61(46-29-15-5-16-30-46)74-62(76-63)47-31-17-6-18-32-47/h1-41H. The van der Waals surface area contributed by atoms with Gasteiger partial charge in [-0.15, -0.1) is 0 Å². The second-order valence-corrected chi connectivity index (χ2v) is 18.4. The Morgan fingerprint density at radius 3 is 1.00 bits per heavy atom. The summed E-state index contributed by atoms with van der Waals surface area (Å²) in [4.78, 5) is 35.9. The molecule has 366 valence electrons. The second kappa shape index (κ2) is 19.5. The van der Waals surface area contributed by atoms with Crippen molar-refractivity contribution in [3.05, 3.63) is 254 Å². The Bertz CT molecular complexity index is 3970. The number of aromatic nitrogens is 8. The van der Waals surface area contributed by atoms with Gasteiger partial charge >= 0.3 is 6.18 Å². The zero-order chi connectivity index (χ0) is 51.9. The number of alkyl halides is 3. The predicted molar refractivity (Wildman–Crippen MR) is 299 cm³/mol. The predicted octanol–water partition coefficient (Wildman–Crippen LogP) is 16.6. The Labute approximate surface area is 440 Å². The first-order valence-corrected chi connectivity index (χ1v) is 25.0. The molecular weight excluding hydrogens is 962 g/mol. The van der Waals surface area contributed by atoms with Gasteiger partial charge in [-0.2, -0.15) is 13.2 Å². The number of hydrogen-bond acceptors (Lipinski definition) is 7. The first-order chi connectivity index (χ1) is 37.8. The zero-order valence-electron chi connectivity index (χ0n) is 40.9. The first kappa shape index (κ1) is 46.5. The van der Waals surface area contributed by atoms with Crippen molar-refractivity contribution in [3.63, 3.8) is 0 Å². The lowest BCUT2D eigenvalue weighted by atomic mass is 9.98. The topological polar surface area (TPSA) is 95.2 Å². The van der Waals surface area contributed by atoms with Crippen molar-refractivity contribution in [1.29, 1.82) is 0 Å². The van der Waals surface area contributed by atoms with Crippen LogP contribution in [-0.2, 0) is 6.18 Å². The number of fused-ring (bicyclic) bond motifs is 3. The van der Waals surface area contributed by atoms with Crippen molar-refractivity contribution in [2.75, 3.05) is 0 Å². The van der Waals surface area contributed by atoms with E-state index in [1.807, 2.05) is 241 Å². The van der Waals surface area contributed by atoms with Crippen molar-refractivity contribution in [1.82, 2.24) is 39.5 Å². The van der Waals surface area contributed by atoms with Crippen LogP contribution in [0.1, 0.15) is 5.56 Å². The molecule has 13 rings (SSSR count). The van der Waals surface area contributed by atoms with Crippen LogP contribution in [-0.4, -0.2) is 39.5 Å². The van der Waals surface area contributed by atoms with E-state index in [0.717, 1.165) is 56.3 Å². The maximum atomic E-state index is 16.0. The molecular formula is C66H41F3N8. The largest absolute Gasteiger partial charge is 0.416 e. The number of nitrogens with zero attached hydrogens (tertiary/aromatic N) is 8. The summed E-state index contributed by atoms with van der Waals surface area (Å²) in [5.41, 5.74) is 8.38. The van der Waals surface area contributed by atoms with E-state index in [9.17, 15) is 0 Å². The normalized spacial score (nSPS) is 11.6. The molecule has 0 aliphatic rings. The van der Waals surface area contributed by atoms with E-state index in [2.05, 4.69) is 0 Å². The molecule has 4 heterocycles. The molecule has 0 bridgehead atoms. The molecule has 0 fully saturated rings. The highest BCUT2D eigenvalue weighted by Gasteiger charge is 2.35. The van der Waals surface area contributed by atoms with Gasteiger partial charge < -0.3 is 4.57 Å². The molecule has 11 heteroatoms. The summed E-state index contributed by atoms with van der Waals surface area (Å²) in [6.45, 7) is 0. The molecule has 0 aliphatic heterocycles. The summed E-state index contributed by atoms with van der Waals surface area (Å²) in [5.74, 6) is 1.50. The molecule has 0 radical (unpaired) electrons. The molecule has 0 aliphatic carbocycles. The van der Waals surface area contributed by atoms with Gasteiger partial charge in [0.25, 0.3) is 0 Å². The third-order valence-electron chi connectivity index (χ3n) is 13.5. The summed E-state index contributed by atoms with van der Waals surface area (Å²) < 4.78 is 49.9. The van der Waals surface area contributed by atoms with Crippen LogP contribution in [0.5, 0.6) is 0 Å². The average molecular weight is 1000 g/mol. The smallest absolute Gasteiger partial charge is 0.308 e. The van der Waals surface area contributed by atoms with E-state index in [1.165, 1.54) is 0 Å². The Hall–Kier alpha value is -10.3. The summed E-state index contributed by atoms with van der Waals surface area (Å²) >= 11 is 0. The lowest BCUT2D eigenvalue weighted by Gasteiger charge is -2.21. The van der Waals surface area contributed by atoms with Crippen LogP contribution in [0, 0.1) is 0 Å². The Kier molecular flexibility index (Phi) is 11.8. The van der Waals surface area contributed by atoms with Crippen LogP contribution in [0.4, 0.5) is 13.2 Å². The maximum absolute atomic E-state index is 16.0. The minimum atomic E-state index is -4.83. The monoisotopic (exact) mass is 1000 g/mol. The Morgan fingerprint density at radius 1 is 0.273 bits per heavy atom. The minimum Gasteiger partial charge on any atom is -0.308 e. The van der Waals surface area contributed by atoms with Crippen LogP contribution in [0.2, 0.25) is 0 Å².